The molecule has 2 rings (SSSR count). The van der Waals surface area contributed by atoms with Gasteiger partial charge < -0.3 is 14.4 Å². The van der Waals surface area contributed by atoms with E-state index in [1.165, 1.54) is 18.4 Å². The van der Waals surface area contributed by atoms with Crippen molar-refractivity contribution in [1.82, 2.24) is 4.98 Å². The highest BCUT2D eigenvalue weighted by atomic mass is 32.1. The Morgan fingerprint density at radius 2 is 2.22 bits per heavy atom. The number of hydrogen-bond acceptors (Lipinski definition) is 6. The van der Waals surface area contributed by atoms with Crippen molar-refractivity contribution in [2.75, 3.05) is 38.8 Å². The highest BCUT2D eigenvalue weighted by molar-refractivity contribution is 7.17. The largest absolute Gasteiger partial charge is 0.465 e. The number of carbonyl (C=O) groups excluding carboxylic acids is 1. The van der Waals surface area contributed by atoms with Crippen molar-refractivity contribution < 1.29 is 14.3 Å². The Kier molecular flexibility index (Phi) is 4.54. The lowest BCUT2D eigenvalue weighted by Gasteiger charge is -2.31. The number of anilines is 1. The lowest BCUT2D eigenvalue weighted by atomic mass is 9.98. The number of hydrogen-bond donors (Lipinski definition) is 0. The molecule has 0 unspecified atom stereocenters. The first-order chi connectivity index (χ1) is 8.74. The lowest BCUT2D eigenvalue weighted by Crippen LogP contribution is -2.34. The van der Waals surface area contributed by atoms with E-state index in [9.17, 15) is 4.79 Å². The van der Waals surface area contributed by atoms with Crippen LogP contribution in [-0.4, -0.2) is 44.9 Å². The summed E-state index contributed by atoms with van der Waals surface area (Å²) in [4.78, 5) is 18.4. The minimum absolute atomic E-state index is 0.312. The molecule has 6 heteroatoms. The van der Waals surface area contributed by atoms with Crippen molar-refractivity contribution in [3.8, 4) is 0 Å². The molecule has 0 amide bonds. The van der Waals surface area contributed by atoms with Gasteiger partial charge in [0.2, 0.25) is 0 Å². The maximum atomic E-state index is 11.4. The fourth-order valence-electron chi connectivity index (χ4n) is 2.13. The van der Waals surface area contributed by atoms with Gasteiger partial charge in [0.1, 0.15) is 4.88 Å². The Bertz CT molecular complexity index is 400. The van der Waals surface area contributed by atoms with Gasteiger partial charge in [0.25, 0.3) is 0 Å². The second-order valence-corrected chi connectivity index (χ2v) is 5.39. The fourth-order valence-corrected chi connectivity index (χ4v) is 3.02. The van der Waals surface area contributed by atoms with Crippen LogP contribution in [0.1, 0.15) is 22.5 Å². The standard InChI is InChI=1S/C12H18N2O3S/c1-16-8-9-3-5-14(6-4-9)12-13-7-10(18-12)11(15)17-2/h7,9H,3-6,8H2,1-2H3. The van der Waals surface area contributed by atoms with E-state index in [2.05, 4.69) is 14.6 Å². The highest BCUT2D eigenvalue weighted by Gasteiger charge is 2.22. The summed E-state index contributed by atoms with van der Waals surface area (Å²) in [6, 6.07) is 0. The number of rotatable bonds is 4. The van der Waals surface area contributed by atoms with E-state index >= 15 is 0 Å². The van der Waals surface area contributed by atoms with Crippen molar-refractivity contribution >= 4 is 22.4 Å². The monoisotopic (exact) mass is 270 g/mol. The molecule has 1 aliphatic rings. The van der Waals surface area contributed by atoms with Crippen LogP contribution in [-0.2, 0) is 9.47 Å². The number of ether oxygens (including phenoxy) is 2. The van der Waals surface area contributed by atoms with Crippen LogP contribution in [0.2, 0.25) is 0 Å². The second-order valence-electron chi connectivity index (χ2n) is 4.38. The third-order valence-electron chi connectivity index (χ3n) is 3.17. The van der Waals surface area contributed by atoms with Gasteiger partial charge in [-0.3, -0.25) is 0 Å². The highest BCUT2D eigenvalue weighted by Crippen LogP contribution is 2.27. The van der Waals surface area contributed by atoms with Crippen LogP contribution in [0.3, 0.4) is 0 Å². The summed E-state index contributed by atoms with van der Waals surface area (Å²) < 4.78 is 9.86. The molecule has 1 saturated heterocycles. The number of carbonyl (C=O) groups is 1. The van der Waals surface area contributed by atoms with E-state index in [-0.39, 0.29) is 5.97 Å². The Labute approximate surface area is 111 Å². The van der Waals surface area contributed by atoms with Crippen LogP contribution in [0.4, 0.5) is 5.13 Å². The zero-order valence-electron chi connectivity index (χ0n) is 10.7. The Balaban J connectivity index is 1.93. The van der Waals surface area contributed by atoms with E-state index in [0.717, 1.165) is 37.7 Å². The van der Waals surface area contributed by atoms with Crippen LogP contribution >= 0.6 is 11.3 Å². The van der Waals surface area contributed by atoms with Crippen LogP contribution in [0.15, 0.2) is 6.20 Å². The van der Waals surface area contributed by atoms with E-state index in [0.29, 0.717) is 10.8 Å². The average Bonchev–Trinajstić information content (AvgIpc) is 2.89. The zero-order valence-corrected chi connectivity index (χ0v) is 11.5. The van der Waals surface area contributed by atoms with Gasteiger partial charge in [-0.1, -0.05) is 11.3 Å². The summed E-state index contributed by atoms with van der Waals surface area (Å²) in [5.74, 6) is 0.333. The molecule has 100 valence electrons. The van der Waals surface area contributed by atoms with Crippen molar-refractivity contribution in [2.24, 2.45) is 5.92 Å². The molecule has 0 saturated carbocycles. The van der Waals surface area contributed by atoms with Gasteiger partial charge in [-0.15, -0.1) is 0 Å². The Morgan fingerprint density at radius 3 is 2.83 bits per heavy atom. The molecular weight excluding hydrogens is 252 g/mol. The van der Waals surface area contributed by atoms with Crippen LogP contribution in [0.25, 0.3) is 0 Å². The molecule has 0 bridgehead atoms. The maximum Gasteiger partial charge on any atom is 0.349 e. The van der Waals surface area contributed by atoms with Crippen LogP contribution < -0.4 is 4.90 Å². The summed E-state index contributed by atoms with van der Waals surface area (Å²) >= 11 is 1.40. The topological polar surface area (TPSA) is 51.7 Å². The normalized spacial score (nSPS) is 16.9. The van der Waals surface area contributed by atoms with Gasteiger partial charge in [-0.05, 0) is 18.8 Å². The second kappa shape index (κ2) is 6.15. The Morgan fingerprint density at radius 1 is 1.50 bits per heavy atom. The molecule has 2 heterocycles. The zero-order chi connectivity index (χ0) is 13.0. The van der Waals surface area contributed by atoms with Crippen LogP contribution in [0, 0.1) is 5.92 Å². The maximum absolute atomic E-state index is 11.4. The van der Waals surface area contributed by atoms with E-state index < -0.39 is 0 Å². The van der Waals surface area contributed by atoms with Crippen molar-refractivity contribution in [2.45, 2.75) is 12.8 Å². The molecule has 0 atom stereocenters. The Hall–Kier alpha value is -1.14. The minimum Gasteiger partial charge on any atom is -0.465 e. The molecule has 1 aromatic rings. The molecule has 0 N–H and O–H groups in total. The quantitative estimate of drug-likeness (QED) is 0.781. The van der Waals surface area contributed by atoms with Gasteiger partial charge in [0.15, 0.2) is 5.13 Å². The molecular formula is C12H18N2O3S. The number of thiazole rings is 1. The molecule has 0 radical (unpaired) electrons. The van der Waals surface area contributed by atoms with E-state index in [4.69, 9.17) is 4.74 Å². The van der Waals surface area contributed by atoms with E-state index in [1.807, 2.05) is 0 Å². The molecule has 18 heavy (non-hydrogen) atoms. The summed E-state index contributed by atoms with van der Waals surface area (Å²) in [5, 5.41) is 0.909. The van der Waals surface area contributed by atoms with Gasteiger partial charge in [0.05, 0.1) is 13.3 Å². The molecule has 1 aromatic heterocycles. The number of nitrogens with zero attached hydrogens (tertiary/aromatic N) is 2. The first kappa shape index (κ1) is 13.3. The van der Waals surface area contributed by atoms with Crippen LogP contribution in [0.5, 0.6) is 0 Å². The number of esters is 1. The van der Waals surface area contributed by atoms with Crippen molar-refractivity contribution in [3.05, 3.63) is 11.1 Å². The molecule has 1 aliphatic heterocycles. The molecule has 0 aromatic carbocycles. The lowest BCUT2D eigenvalue weighted by molar-refractivity contribution is 0.0606. The SMILES string of the molecule is COCC1CCN(c2ncc(C(=O)OC)s2)CC1. The van der Waals surface area contributed by atoms with Crippen molar-refractivity contribution in [3.63, 3.8) is 0 Å². The molecule has 0 spiro atoms. The minimum atomic E-state index is -0.312. The van der Waals surface area contributed by atoms with Gasteiger partial charge in [-0.2, -0.15) is 0 Å². The first-order valence-electron chi connectivity index (χ1n) is 6.02. The predicted molar refractivity (Wildman–Crippen MR) is 70.3 cm³/mol. The predicted octanol–water partition coefficient (Wildman–Crippen LogP) is 1.79. The van der Waals surface area contributed by atoms with Gasteiger partial charge in [-0.25, -0.2) is 9.78 Å². The van der Waals surface area contributed by atoms with Gasteiger partial charge in [0, 0.05) is 26.8 Å². The molecule has 0 aliphatic carbocycles. The third-order valence-corrected chi connectivity index (χ3v) is 4.21. The third kappa shape index (κ3) is 3.00. The summed E-state index contributed by atoms with van der Waals surface area (Å²) in [5.41, 5.74) is 0. The molecule has 5 nitrogen and oxygen atoms in total. The fraction of sp³-hybridized carbons (Fsp3) is 0.667. The summed E-state index contributed by atoms with van der Waals surface area (Å²) in [6.07, 6.45) is 3.81. The van der Waals surface area contributed by atoms with E-state index in [1.54, 1.807) is 13.3 Å². The summed E-state index contributed by atoms with van der Waals surface area (Å²) in [7, 11) is 3.13. The average molecular weight is 270 g/mol. The number of methoxy groups -OCH3 is 2. The first-order valence-corrected chi connectivity index (χ1v) is 6.84. The summed E-state index contributed by atoms with van der Waals surface area (Å²) in [6.45, 7) is 2.78. The molecule has 1 fully saturated rings. The smallest absolute Gasteiger partial charge is 0.349 e. The number of piperidine rings is 1. The number of aromatic nitrogens is 1. The van der Waals surface area contributed by atoms with Gasteiger partial charge >= 0.3 is 5.97 Å². The van der Waals surface area contributed by atoms with Crippen molar-refractivity contribution in [1.29, 1.82) is 0 Å².